The van der Waals surface area contributed by atoms with Crippen LogP contribution in [0.15, 0.2) is 36.4 Å². The second kappa shape index (κ2) is 6.23. The second-order valence-electron chi connectivity index (χ2n) is 6.81. The Bertz CT molecular complexity index is 757. The van der Waals surface area contributed by atoms with Gasteiger partial charge in [-0.15, -0.1) is 0 Å². The summed E-state index contributed by atoms with van der Waals surface area (Å²) in [6.45, 7) is 7.70. The molecule has 0 aliphatic carbocycles. The maximum Gasteiger partial charge on any atom is 0.120 e. The summed E-state index contributed by atoms with van der Waals surface area (Å²) in [5.74, 6) is 5.98. The molecule has 0 radical (unpaired) electrons. The molecule has 1 aliphatic rings. The fourth-order valence-electron chi connectivity index (χ4n) is 2.88. The van der Waals surface area contributed by atoms with Crippen molar-refractivity contribution < 1.29 is 5.11 Å². The van der Waals surface area contributed by atoms with Gasteiger partial charge in [-0.3, -0.25) is 0 Å². The van der Waals surface area contributed by atoms with E-state index in [0.29, 0.717) is 0 Å². The molecule has 3 nitrogen and oxygen atoms in total. The molecule has 1 N–H and O–H groups in total. The lowest BCUT2D eigenvalue weighted by Crippen LogP contribution is -2.44. The van der Waals surface area contributed by atoms with Gasteiger partial charge in [0.2, 0.25) is 0 Å². The van der Waals surface area contributed by atoms with Crippen LogP contribution in [0, 0.1) is 11.8 Å². The summed E-state index contributed by atoms with van der Waals surface area (Å²) < 4.78 is 0. The number of hydrogen-bond acceptors (Lipinski definition) is 3. The highest BCUT2D eigenvalue weighted by Crippen LogP contribution is 2.28. The van der Waals surface area contributed by atoms with Gasteiger partial charge in [0.05, 0.1) is 0 Å². The van der Waals surface area contributed by atoms with Crippen molar-refractivity contribution in [3.05, 3.63) is 42.0 Å². The third-order valence-corrected chi connectivity index (χ3v) is 4.22. The fourth-order valence-corrected chi connectivity index (χ4v) is 2.88. The van der Waals surface area contributed by atoms with Gasteiger partial charge in [-0.2, -0.15) is 0 Å². The lowest BCUT2D eigenvalue weighted by molar-refractivity contribution is 0.143. The Morgan fingerprint density at radius 3 is 2.48 bits per heavy atom. The summed E-state index contributed by atoms with van der Waals surface area (Å²) in [5, 5.41) is 12.3. The van der Waals surface area contributed by atoms with E-state index in [1.807, 2.05) is 6.07 Å². The Kier molecular flexibility index (Phi) is 4.30. The molecular formula is C20H24N2O. The first-order chi connectivity index (χ1) is 10.9. The SMILES string of the molecule is CN1CCN(c2cccc3ccc(C#CC(C)(C)O)cc23)CC1. The molecule has 1 fully saturated rings. The lowest BCUT2D eigenvalue weighted by atomic mass is 10.0. The standard InChI is InChI=1S/C20H24N2O/c1-20(2,23)10-9-16-7-8-17-5-4-6-19(18(17)15-16)22-13-11-21(3)12-14-22/h4-8,15,23H,11-14H2,1-3H3. The minimum Gasteiger partial charge on any atom is -0.378 e. The van der Waals surface area contributed by atoms with Gasteiger partial charge in [-0.25, -0.2) is 0 Å². The molecule has 1 aliphatic heterocycles. The van der Waals surface area contributed by atoms with Crippen molar-refractivity contribution in [2.75, 3.05) is 38.1 Å². The Morgan fingerprint density at radius 1 is 1.04 bits per heavy atom. The van der Waals surface area contributed by atoms with Crippen LogP contribution in [-0.4, -0.2) is 48.8 Å². The van der Waals surface area contributed by atoms with Gasteiger partial charge in [0.1, 0.15) is 5.60 Å². The van der Waals surface area contributed by atoms with Crippen molar-refractivity contribution in [3.8, 4) is 11.8 Å². The number of anilines is 1. The van der Waals surface area contributed by atoms with Crippen molar-refractivity contribution in [1.29, 1.82) is 0 Å². The average Bonchev–Trinajstić information content (AvgIpc) is 2.52. The van der Waals surface area contributed by atoms with E-state index in [4.69, 9.17) is 0 Å². The third kappa shape index (κ3) is 3.85. The van der Waals surface area contributed by atoms with Crippen LogP contribution in [0.25, 0.3) is 10.8 Å². The zero-order valence-electron chi connectivity index (χ0n) is 14.1. The number of hydrogen-bond donors (Lipinski definition) is 1. The van der Waals surface area contributed by atoms with Crippen LogP contribution in [0.2, 0.25) is 0 Å². The Balaban J connectivity index is 1.99. The van der Waals surface area contributed by atoms with Crippen LogP contribution in [-0.2, 0) is 0 Å². The van der Waals surface area contributed by atoms with Crippen LogP contribution in [0.5, 0.6) is 0 Å². The average molecular weight is 308 g/mol. The number of aliphatic hydroxyl groups is 1. The highest BCUT2D eigenvalue weighted by atomic mass is 16.3. The quantitative estimate of drug-likeness (QED) is 0.821. The molecule has 23 heavy (non-hydrogen) atoms. The van der Waals surface area contributed by atoms with Crippen LogP contribution in [0.3, 0.4) is 0 Å². The van der Waals surface area contributed by atoms with Crippen molar-refractivity contribution in [3.63, 3.8) is 0 Å². The third-order valence-electron chi connectivity index (χ3n) is 4.22. The Hall–Kier alpha value is -2.02. The highest BCUT2D eigenvalue weighted by Gasteiger charge is 2.16. The van der Waals surface area contributed by atoms with Crippen molar-refractivity contribution in [1.82, 2.24) is 4.90 Å². The summed E-state index contributed by atoms with van der Waals surface area (Å²) in [6, 6.07) is 12.7. The van der Waals surface area contributed by atoms with Crippen molar-refractivity contribution in [2.45, 2.75) is 19.4 Å². The maximum absolute atomic E-state index is 9.79. The van der Waals surface area contributed by atoms with Gasteiger partial charge >= 0.3 is 0 Å². The first kappa shape index (κ1) is 15.9. The number of piperazine rings is 1. The first-order valence-corrected chi connectivity index (χ1v) is 8.14. The minimum absolute atomic E-state index is 0.946. The first-order valence-electron chi connectivity index (χ1n) is 8.14. The summed E-state index contributed by atoms with van der Waals surface area (Å²) >= 11 is 0. The smallest absolute Gasteiger partial charge is 0.120 e. The molecule has 0 unspecified atom stereocenters. The van der Waals surface area contributed by atoms with Gasteiger partial charge in [-0.05, 0) is 44.5 Å². The van der Waals surface area contributed by atoms with Gasteiger partial charge < -0.3 is 14.9 Å². The summed E-state index contributed by atoms with van der Waals surface area (Å²) in [5.41, 5.74) is 1.26. The topological polar surface area (TPSA) is 26.7 Å². The Labute approximate surface area is 138 Å². The molecule has 0 amide bonds. The maximum atomic E-state index is 9.79. The predicted octanol–water partition coefficient (Wildman–Crippen LogP) is 2.71. The normalized spacial score (nSPS) is 16.3. The zero-order valence-corrected chi connectivity index (χ0v) is 14.1. The number of nitrogens with zero attached hydrogens (tertiary/aromatic N) is 2. The van der Waals surface area contributed by atoms with Crippen molar-refractivity contribution >= 4 is 16.5 Å². The number of fused-ring (bicyclic) bond motifs is 1. The molecule has 2 aromatic rings. The molecule has 120 valence electrons. The van der Waals surface area contributed by atoms with E-state index in [2.05, 4.69) is 59.0 Å². The van der Waals surface area contributed by atoms with Crippen LogP contribution in [0.1, 0.15) is 19.4 Å². The fraction of sp³-hybridized carbons (Fsp3) is 0.400. The molecule has 0 saturated carbocycles. The molecule has 0 aromatic heterocycles. The van der Waals surface area contributed by atoms with E-state index < -0.39 is 5.60 Å². The number of rotatable bonds is 1. The van der Waals surface area contributed by atoms with E-state index in [1.165, 1.54) is 16.5 Å². The molecule has 3 heteroatoms. The van der Waals surface area contributed by atoms with Gasteiger partial charge in [-0.1, -0.05) is 30.0 Å². The van der Waals surface area contributed by atoms with E-state index in [0.717, 1.165) is 31.7 Å². The van der Waals surface area contributed by atoms with Crippen LogP contribution >= 0.6 is 0 Å². The molecular weight excluding hydrogens is 284 g/mol. The highest BCUT2D eigenvalue weighted by molar-refractivity contribution is 5.95. The summed E-state index contributed by atoms with van der Waals surface area (Å²) in [6.07, 6.45) is 0. The summed E-state index contributed by atoms with van der Waals surface area (Å²) in [7, 11) is 2.17. The number of likely N-dealkylation sites (N-methyl/N-ethyl adjacent to an activating group) is 1. The number of benzene rings is 2. The predicted molar refractivity (Wildman–Crippen MR) is 96.8 cm³/mol. The summed E-state index contributed by atoms with van der Waals surface area (Å²) in [4.78, 5) is 4.82. The molecule has 1 heterocycles. The monoisotopic (exact) mass is 308 g/mol. The molecule has 1 saturated heterocycles. The van der Waals surface area contributed by atoms with Gasteiger partial charge in [0.15, 0.2) is 0 Å². The molecule has 0 atom stereocenters. The van der Waals surface area contributed by atoms with Crippen LogP contribution < -0.4 is 4.90 Å². The Morgan fingerprint density at radius 2 is 1.78 bits per heavy atom. The van der Waals surface area contributed by atoms with E-state index >= 15 is 0 Å². The van der Waals surface area contributed by atoms with Crippen molar-refractivity contribution in [2.24, 2.45) is 0 Å². The molecule has 0 spiro atoms. The zero-order chi connectivity index (χ0) is 16.4. The second-order valence-corrected chi connectivity index (χ2v) is 6.81. The largest absolute Gasteiger partial charge is 0.378 e. The minimum atomic E-state index is -0.966. The van der Waals surface area contributed by atoms with E-state index in [9.17, 15) is 5.11 Å². The lowest BCUT2D eigenvalue weighted by Gasteiger charge is -2.34. The molecule has 3 rings (SSSR count). The van der Waals surface area contributed by atoms with Gasteiger partial charge in [0, 0.05) is 42.8 Å². The van der Waals surface area contributed by atoms with E-state index in [-0.39, 0.29) is 0 Å². The van der Waals surface area contributed by atoms with Crippen LogP contribution in [0.4, 0.5) is 5.69 Å². The van der Waals surface area contributed by atoms with Gasteiger partial charge in [0.25, 0.3) is 0 Å². The molecule has 0 bridgehead atoms. The molecule has 2 aromatic carbocycles. The van der Waals surface area contributed by atoms with E-state index in [1.54, 1.807) is 13.8 Å².